The van der Waals surface area contributed by atoms with Gasteiger partial charge in [-0.15, -0.1) is 0 Å². The Hall–Kier alpha value is -2.44. The van der Waals surface area contributed by atoms with Crippen LogP contribution in [0, 0.1) is 0 Å². The highest BCUT2D eigenvalue weighted by Crippen LogP contribution is 2.37. The summed E-state index contributed by atoms with van der Waals surface area (Å²) in [6.07, 6.45) is 1.64. The maximum absolute atomic E-state index is 12.7. The van der Waals surface area contributed by atoms with E-state index in [1.165, 1.54) is 12.0 Å². The lowest BCUT2D eigenvalue weighted by atomic mass is 10.1. The van der Waals surface area contributed by atoms with Crippen LogP contribution in [0.3, 0.4) is 0 Å². The number of imide groups is 1. The van der Waals surface area contributed by atoms with Crippen LogP contribution in [0.2, 0.25) is 5.02 Å². The predicted octanol–water partition coefficient (Wildman–Crippen LogP) is 4.59. The fourth-order valence-corrected chi connectivity index (χ4v) is 3.66. The number of ether oxygens (including phenoxy) is 2. The van der Waals surface area contributed by atoms with Gasteiger partial charge in [0.15, 0.2) is 11.5 Å². The van der Waals surface area contributed by atoms with Crippen LogP contribution in [-0.2, 0) is 11.3 Å². The Bertz CT molecular complexity index is 897. The fraction of sp³-hybridized carbons (Fsp3) is 0.158. The minimum absolute atomic E-state index is 0.178. The molecule has 5 nitrogen and oxygen atoms in total. The van der Waals surface area contributed by atoms with Crippen molar-refractivity contribution in [1.29, 1.82) is 0 Å². The summed E-state index contributed by atoms with van der Waals surface area (Å²) >= 11 is 6.87. The fourth-order valence-electron chi connectivity index (χ4n) is 2.62. The Morgan fingerprint density at radius 1 is 1.12 bits per heavy atom. The number of carbonyl (C=O) groups excluding carboxylic acids is 2. The third-order valence-corrected chi connectivity index (χ3v) is 4.97. The summed E-state index contributed by atoms with van der Waals surface area (Å²) in [5, 5.41) is 0.245. The summed E-state index contributed by atoms with van der Waals surface area (Å²) in [5.41, 5.74) is 1.46. The third-order valence-electron chi connectivity index (χ3n) is 3.82. The minimum Gasteiger partial charge on any atom is -0.493 e. The molecular formula is C19H16ClNO4S. The molecule has 2 aromatic carbocycles. The molecule has 0 spiro atoms. The number of hydrogen-bond acceptors (Lipinski definition) is 5. The number of benzene rings is 2. The van der Waals surface area contributed by atoms with Crippen LogP contribution in [0.15, 0.2) is 47.4 Å². The van der Waals surface area contributed by atoms with Gasteiger partial charge < -0.3 is 9.47 Å². The average Bonchev–Trinajstić information content (AvgIpc) is 2.89. The molecule has 0 atom stereocenters. The molecule has 2 aromatic rings. The molecule has 3 rings (SSSR count). The number of halogens is 1. The number of nitrogens with zero attached hydrogens (tertiary/aromatic N) is 1. The first kappa shape index (κ1) is 18.4. The standard InChI is InChI=1S/C19H16ClNO4S/c1-24-15-8-4-6-13(17(15)25-2)10-16-18(22)21(19(23)26-16)11-12-5-3-7-14(20)9-12/h3-10H,11H2,1-2H3/b16-10-. The number of para-hydroxylation sites is 1. The normalized spacial score (nSPS) is 15.7. The first-order valence-electron chi connectivity index (χ1n) is 7.74. The van der Waals surface area contributed by atoms with E-state index < -0.39 is 0 Å². The van der Waals surface area contributed by atoms with E-state index in [4.69, 9.17) is 21.1 Å². The zero-order valence-corrected chi connectivity index (χ0v) is 15.8. The zero-order chi connectivity index (χ0) is 18.7. The first-order valence-corrected chi connectivity index (χ1v) is 8.93. The molecule has 0 unspecified atom stereocenters. The van der Waals surface area contributed by atoms with Gasteiger partial charge in [0, 0.05) is 10.6 Å². The summed E-state index contributed by atoms with van der Waals surface area (Å²) in [6.45, 7) is 0.178. The van der Waals surface area contributed by atoms with E-state index in [-0.39, 0.29) is 17.7 Å². The molecule has 1 aliphatic rings. The molecule has 0 radical (unpaired) electrons. The molecule has 2 amide bonds. The van der Waals surface area contributed by atoms with Crippen LogP contribution in [0.5, 0.6) is 11.5 Å². The summed E-state index contributed by atoms with van der Waals surface area (Å²) in [4.78, 5) is 26.5. The molecular weight excluding hydrogens is 374 g/mol. The highest BCUT2D eigenvalue weighted by molar-refractivity contribution is 8.18. The lowest BCUT2D eigenvalue weighted by molar-refractivity contribution is -0.123. The topological polar surface area (TPSA) is 55.8 Å². The van der Waals surface area contributed by atoms with Crippen LogP contribution in [-0.4, -0.2) is 30.3 Å². The van der Waals surface area contributed by atoms with Gasteiger partial charge in [0.2, 0.25) is 0 Å². The van der Waals surface area contributed by atoms with Gasteiger partial charge in [-0.3, -0.25) is 14.5 Å². The molecule has 0 aliphatic carbocycles. The molecule has 26 heavy (non-hydrogen) atoms. The Morgan fingerprint density at radius 3 is 2.58 bits per heavy atom. The SMILES string of the molecule is COc1cccc(/C=C2\SC(=O)N(Cc3cccc(Cl)c3)C2=O)c1OC. The highest BCUT2D eigenvalue weighted by Gasteiger charge is 2.35. The summed E-state index contributed by atoms with van der Waals surface area (Å²) in [5.74, 6) is 0.723. The molecule has 0 N–H and O–H groups in total. The smallest absolute Gasteiger partial charge is 0.293 e. The van der Waals surface area contributed by atoms with Gasteiger partial charge in [-0.25, -0.2) is 0 Å². The molecule has 1 heterocycles. The molecule has 134 valence electrons. The number of methoxy groups -OCH3 is 2. The van der Waals surface area contributed by atoms with E-state index in [1.807, 2.05) is 6.07 Å². The van der Waals surface area contributed by atoms with E-state index in [1.54, 1.807) is 49.6 Å². The van der Waals surface area contributed by atoms with Gasteiger partial charge in [-0.2, -0.15) is 0 Å². The summed E-state index contributed by atoms with van der Waals surface area (Å²) < 4.78 is 10.6. The molecule has 7 heteroatoms. The molecule has 1 aliphatic heterocycles. The second-order valence-electron chi connectivity index (χ2n) is 5.48. The number of amides is 2. The lowest BCUT2D eigenvalue weighted by Crippen LogP contribution is -2.27. The van der Waals surface area contributed by atoms with Crippen molar-refractivity contribution < 1.29 is 19.1 Å². The van der Waals surface area contributed by atoms with Crippen molar-refractivity contribution in [2.75, 3.05) is 14.2 Å². The van der Waals surface area contributed by atoms with E-state index in [9.17, 15) is 9.59 Å². The Kier molecular flexibility index (Phi) is 5.54. The molecule has 1 fully saturated rings. The lowest BCUT2D eigenvalue weighted by Gasteiger charge is -2.13. The van der Waals surface area contributed by atoms with Crippen molar-refractivity contribution in [1.82, 2.24) is 4.90 Å². The van der Waals surface area contributed by atoms with Crippen molar-refractivity contribution >= 4 is 40.6 Å². The van der Waals surface area contributed by atoms with Crippen LogP contribution in [0.4, 0.5) is 4.79 Å². The molecule has 1 saturated heterocycles. The highest BCUT2D eigenvalue weighted by atomic mass is 35.5. The Labute approximate surface area is 160 Å². The van der Waals surface area contributed by atoms with Crippen molar-refractivity contribution in [3.63, 3.8) is 0 Å². The van der Waals surface area contributed by atoms with Gasteiger partial charge >= 0.3 is 0 Å². The molecule has 0 bridgehead atoms. The van der Waals surface area contributed by atoms with Crippen LogP contribution < -0.4 is 9.47 Å². The van der Waals surface area contributed by atoms with Crippen molar-refractivity contribution in [3.05, 3.63) is 63.5 Å². The van der Waals surface area contributed by atoms with E-state index >= 15 is 0 Å². The number of rotatable bonds is 5. The van der Waals surface area contributed by atoms with Gasteiger partial charge in [-0.1, -0.05) is 35.9 Å². The third kappa shape index (κ3) is 3.71. The van der Waals surface area contributed by atoms with Gasteiger partial charge in [-0.05, 0) is 41.6 Å². The maximum atomic E-state index is 12.7. The minimum atomic E-state index is -0.343. The van der Waals surface area contributed by atoms with Crippen LogP contribution in [0.25, 0.3) is 6.08 Å². The Morgan fingerprint density at radius 2 is 1.88 bits per heavy atom. The quantitative estimate of drug-likeness (QED) is 0.700. The second-order valence-corrected chi connectivity index (χ2v) is 6.91. The van der Waals surface area contributed by atoms with Crippen molar-refractivity contribution in [3.8, 4) is 11.5 Å². The average molecular weight is 390 g/mol. The van der Waals surface area contributed by atoms with E-state index in [2.05, 4.69) is 0 Å². The Balaban J connectivity index is 1.88. The van der Waals surface area contributed by atoms with Crippen LogP contribution >= 0.6 is 23.4 Å². The van der Waals surface area contributed by atoms with E-state index in [0.717, 1.165) is 17.3 Å². The van der Waals surface area contributed by atoms with Gasteiger partial charge in [0.05, 0.1) is 25.7 Å². The molecule has 0 saturated carbocycles. The van der Waals surface area contributed by atoms with Gasteiger partial charge in [0.1, 0.15) is 0 Å². The molecule has 0 aromatic heterocycles. The maximum Gasteiger partial charge on any atom is 0.293 e. The number of carbonyl (C=O) groups is 2. The number of thioether (sulfide) groups is 1. The predicted molar refractivity (Wildman–Crippen MR) is 103 cm³/mol. The second kappa shape index (κ2) is 7.85. The van der Waals surface area contributed by atoms with Gasteiger partial charge in [0.25, 0.3) is 11.1 Å². The zero-order valence-electron chi connectivity index (χ0n) is 14.2. The summed E-state index contributed by atoms with van der Waals surface area (Å²) in [6, 6.07) is 12.4. The van der Waals surface area contributed by atoms with Crippen molar-refractivity contribution in [2.24, 2.45) is 0 Å². The van der Waals surface area contributed by atoms with Crippen molar-refractivity contribution in [2.45, 2.75) is 6.54 Å². The number of hydrogen-bond donors (Lipinski definition) is 0. The van der Waals surface area contributed by atoms with E-state index in [0.29, 0.717) is 27.0 Å². The summed E-state index contributed by atoms with van der Waals surface area (Å²) in [7, 11) is 3.07. The largest absolute Gasteiger partial charge is 0.493 e. The first-order chi connectivity index (χ1) is 12.5. The monoisotopic (exact) mass is 389 g/mol. The van der Waals surface area contributed by atoms with Crippen LogP contribution in [0.1, 0.15) is 11.1 Å².